The minimum atomic E-state index is -0.0882. The molecule has 1 amide bonds. The van der Waals surface area contributed by atoms with E-state index >= 15 is 0 Å². The number of amides is 1. The van der Waals surface area contributed by atoms with E-state index in [1.165, 1.54) is 0 Å². The summed E-state index contributed by atoms with van der Waals surface area (Å²) in [5.41, 5.74) is 0.603. The summed E-state index contributed by atoms with van der Waals surface area (Å²) in [6, 6.07) is 3.56. The molecule has 0 aromatic carbocycles. The summed E-state index contributed by atoms with van der Waals surface area (Å²) in [5, 5.41) is 0. The summed E-state index contributed by atoms with van der Waals surface area (Å²) in [6.07, 6.45) is 8.21. The lowest BCUT2D eigenvalue weighted by Gasteiger charge is -2.33. The molecular weight excluding hydrogens is 306 g/mol. The van der Waals surface area contributed by atoms with E-state index in [0.717, 1.165) is 19.4 Å². The molecule has 0 radical (unpaired) electrons. The molecule has 0 aliphatic carbocycles. The summed E-state index contributed by atoms with van der Waals surface area (Å²) >= 11 is 0. The molecule has 2 aromatic rings. The molecule has 1 atom stereocenters. The molecule has 0 saturated carbocycles. The Balaban J connectivity index is 1.69. The third-order valence-corrected chi connectivity index (χ3v) is 3.92. The van der Waals surface area contributed by atoms with Crippen LogP contribution in [0.1, 0.15) is 23.2 Å². The summed E-state index contributed by atoms with van der Waals surface area (Å²) in [5.74, 6) is 1.18. The smallest absolute Gasteiger partial charge is 0.257 e. The van der Waals surface area contributed by atoms with Crippen LogP contribution >= 0.6 is 0 Å². The van der Waals surface area contributed by atoms with Crippen LogP contribution in [0.4, 0.5) is 5.82 Å². The maximum atomic E-state index is 12.6. The SMILES string of the molecule is CN(C)c1nccnc1OC1CCCN(C(=O)c2cccnc2)C1. The second-order valence-electron chi connectivity index (χ2n) is 5.95. The van der Waals surface area contributed by atoms with Crippen LogP contribution in [0.15, 0.2) is 36.9 Å². The van der Waals surface area contributed by atoms with Crippen molar-refractivity contribution in [1.82, 2.24) is 19.9 Å². The first kappa shape index (κ1) is 16.2. The zero-order chi connectivity index (χ0) is 16.9. The lowest BCUT2D eigenvalue weighted by Crippen LogP contribution is -2.44. The summed E-state index contributed by atoms with van der Waals surface area (Å²) in [7, 11) is 3.80. The fourth-order valence-electron chi connectivity index (χ4n) is 2.76. The predicted molar refractivity (Wildman–Crippen MR) is 90.1 cm³/mol. The van der Waals surface area contributed by atoms with E-state index in [9.17, 15) is 4.79 Å². The van der Waals surface area contributed by atoms with Crippen LogP contribution in [-0.4, -0.2) is 59.0 Å². The maximum Gasteiger partial charge on any atom is 0.257 e. The fourth-order valence-corrected chi connectivity index (χ4v) is 2.76. The van der Waals surface area contributed by atoms with Gasteiger partial charge < -0.3 is 14.5 Å². The molecule has 7 heteroatoms. The van der Waals surface area contributed by atoms with Gasteiger partial charge in [0.1, 0.15) is 6.10 Å². The van der Waals surface area contributed by atoms with Crippen LogP contribution in [0.25, 0.3) is 0 Å². The van der Waals surface area contributed by atoms with Crippen molar-refractivity contribution in [3.8, 4) is 5.88 Å². The van der Waals surface area contributed by atoms with E-state index in [-0.39, 0.29) is 12.0 Å². The quantitative estimate of drug-likeness (QED) is 0.850. The number of pyridine rings is 1. The summed E-state index contributed by atoms with van der Waals surface area (Å²) < 4.78 is 6.04. The number of ether oxygens (including phenoxy) is 1. The Bertz CT molecular complexity index is 692. The van der Waals surface area contributed by atoms with Gasteiger partial charge in [0.15, 0.2) is 5.82 Å². The van der Waals surface area contributed by atoms with Crippen molar-refractivity contribution in [3.05, 3.63) is 42.5 Å². The summed E-state index contributed by atoms with van der Waals surface area (Å²) in [6.45, 7) is 1.27. The molecule has 1 aliphatic heterocycles. The second-order valence-corrected chi connectivity index (χ2v) is 5.95. The van der Waals surface area contributed by atoms with E-state index in [1.807, 2.05) is 23.9 Å². The van der Waals surface area contributed by atoms with Gasteiger partial charge in [-0.05, 0) is 25.0 Å². The van der Waals surface area contributed by atoms with Gasteiger partial charge in [0.2, 0.25) is 0 Å². The normalized spacial score (nSPS) is 17.4. The van der Waals surface area contributed by atoms with Crippen molar-refractivity contribution >= 4 is 11.7 Å². The third kappa shape index (κ3) is 3.61. The van der Waals surface area contributed by atoms with E-state index in [1.54, 1.807) is 36.9 Å². The molecule has 3 rings (SSSR count). The highest BCUT2D eigenvalue weighted by Crippen LogP contribution is 2.24. The van der Waals surface area contributed by atoms with Crippen molar-refractivity contribution in [2.45, 2.75) is 18.9 Å². The average molecular weight is 327 g/mol. The van der Waals surface area contributed by atoms with Gasteiger partial charge in [0.25, 0.3) is 11.8 Å². The summed E-state index contributed by atoms with van der Waals surface area (Å²) in [4.78, 5) is 28.8. The van der Waals surface area contributed by atoms with Crippen molar-refractivity contribution in [3.63, 3.8) is 0 Å². The zero-order valence-corrected chi connectivity index (χ0v) is 13.9. The standard InChI is InChI=1S/C17H21N5O2/c1-21(2)15-16(20-9-8-19-15)24-14-6-4-10-22(12-14)17(23)13-5-3-7-18-11-13/h3,5,7-9,11,14H,4,6,10,12H2,1-2H3. The Hall–Kier alpha value is -2.70. The van der Waals surface area contributed by atoms with Crippen molar-refractivity contribution in [1.29, 1.82) is 0 Å². The van der Waals surface area contributed by atoms with Gasteiger partial charge in [0, 0.05) is 45.4 Å². The van der Waals surface area contributed by atoms with Crippen molar-refractivity contribution < 1.29 is 9.53 Å². The first-order chi connectivity index (χ1) is 11.6. The Kier molecular flexibility index (Phi) is 4.88. The topological polar surface area (TPSA) is 71.5 Å². The van der Waals surface area contributed by atoms with E-state index < -0.39 is 0 Å². The van der Waals surface area contributed by atoms with Gasteiger partial charge in [-0.25, -0.2) is 9.97 Å². The molecule has 1 aliphatic rings. The molecule has 0 spiro atoms. The molecule has 2 aromatic heterocycles. The molecule has 0 N–H and O–H groups in total. The number of likely N-dealkylation sites (tertiary alicyclic amines) is 1. The number of hydrogen-bond acceptors (Lipinski definition) is 6. The number of carbonyl (C=O) groups is 1. The Morgan fingerprint density at radius 3 is 2.88 bits per heavy atom. The van der Waals surface area contributed by atoms with Gasteiger partial charge in [-0.3, -0.25) is 9.78 Å². The highest BCUT2D eigenvalue weighted by Gasteiger charge is 2.27. The molecule has 3 heterocycles. The van der Waals surface area contributed by atoms with Crippen molar-refractivity contribution in [2.24, 2.45) is 0 Å². The number of rotatable bonds is 4. The molecule has 24 heavy (non-hydrogen) atoms. The number of piperidine rings is 1. The number of aromatic nitrogens is 3. The maximum absolute atomic E-state index is 12.6. The number of anilines is 1. The zero-order valence-electron chi connectivity index (χ0n) is 13.9. The van der Waals surface area contributed by atoms with E-state index in [2.05, 4.69) is 15.0 Å². The highest BCUT2D eigenvalue weighted by atomic mass is 16.5. The van der Waals surface area contributed by atoms with Gasteiger partial charge in [-0.1, -0.05) is 0 Å². The third-order valence-electron chi connectivity index (χ3n) is 3.92. The van der Waals surface area contributed by atoms with Crippen molar-refractivity contribution in [2.75, 3.05) is 32.1 Å². The minimum Gasteiger partial charge on any atom is -0.470 e. The van der Waals surface area contributed by atoms with Gasteiger partial charge in [-0.2, -0.15) is 0 Å². The van der Waals surface area contributed by atoms with Gasteiger partial charge in [0.05, 0.1) is 12.1 Å². The Morgan fingerprint density at radius 1 is 1.29 bits per heavy atom. The monoisotopic (exact) mass is 327 g/mol. The van der Waals surface area contributed by atoms with Crippen LogP contribution in [0.3, 0.4) is 0 Å². The lowest BCUT2D eigenvalue weighted by molar-refractivity contribution is 0.0528. The minimum absolute atomic E-state index is 0.0108. The molecule has 1 saturated heterocycles. The van der Waals surface area contributed by atoms with Crippen LogP contribution in [0, 0.1) is 0 Å². The van der Waals surface area contributed by atoms with Crippen LogP contribution < -0.4 is 9.64 Å². The van der Waals surface area contributed by atoms with Crippen LogP contribution in [0.5, 0.6) is 5.88 Å². The van der Waals surface area contributed by atoms with Crippen LogP contribution in [0.2, 0.25) is 0 Å². The van der Waals surface area contributed by atoms with Crippen LogP contribution in [-0.2, 0) is 0 Å². The van der Waals surface area contributed by atoms with E-state index in [4.69, 9.17) is 4.74 Å². The molecule has 7 nitrogen and oxygen atoms in total. The largest absolute Gasteiger partial charge is 0.470 e. The molecule has 126 valence electrons. The van der Waals surface area contributed by atoms with E-state index in [0.29, 0.717) is 23.8 Å². The first-order valence-corrected chi connectivity index (χ1v) is 7.99. The Labute approximate surface area is 141 Å². The number of hydrogen-bond donors (Lipinski definition) is 0. The second kappa shape index (κ2) is 7.25. The lowest BCUT2D eigenvalue weighted by atomic mass is 10.1. The average Bonchev–Trinajstić information content (AvgIpc) is 2.62. The van der Waals surface area contributed by atoms with Gasteiger partial charge >= 0.3 is 0 Å². The molecule has 1 unspecified atom stereocenters. The van der Waals surface area contributed by atoms with Gasteiger partial charge in [-0.15, -0.1) is 0 Å². The number of carbonyl (C=O) groups excluding carboxylic acids is 1. The fraction of sp³-hybridized carbons (Fsp3) is 0.412. The predicted octanol–water partition coefficient (Wildman–Crippen LogP) is 1.62. The molecular formula is C17H21N5O2. The molecule has 0 bridgehead atoms. The highest BCUT2D eigenvalue weighted by molar-refractivity contribution is 5.93. The number of nitrogens with zero attached hydrogens (tertiary/aromatic N) is 5. The Morgan fingerprint density at radius 2 is 2.12 bits per heavy atom. The molecule has 1 fully saturated rings. The first-order valence-electron chi connectivity index (χ1n) is 7.99.